The molecule has 4 heterocycles. The van der Waals surface area contributed by atoms with Crippen LogP contribution < -0.4 is 5.32 Å². The molecule has 1 amide bonds. The van der Waals surface area contributed by atoms with Crippen molar-refractivity contribution in [3.05, 3.63) is 59.2 Å². The molecule has 4 aromatic rings. The van der Waals surface area contributed by atoms with E-state index < -0.39 is 0 Å². The SMILES string of the molecule is Cc1nn(C)c(C)c1-c1cnc2[nH]cc(-c3ccc4c(c3)CNC4=O)c2c1. The van der Waals surface area contributed by atoms with E-state index in [-0.39, 0.29) is 5.91 Å². The fourth-order valence-electron chi connectivity index (χ4n) is 3.97. The molecule has 0 aliphatic carbocycles. The van der Waals surface area contributed by atoms with E-state index in [1.807, 2.05) is 43.2 Å². The van der Waals surface area contributed by atoms with Crippen LogP contribution in [0.1, 0.15) is 27.3 Å². The number of H-pyrrole nitrogens is 1. The molecule has 27 heavy (non-hydrogen) atoms. The number of aromatic nitrogens is 4. The zero-order valence-corrected chi connectivity index (χ0v) is 15.4. The van der Waals surface area contributed by atoms with Gasteiger partial charge in [0.2, 0.25) is 0 Å². The molecule has 0 spiro atoms. The number of benzene rings is 1. The minimum atomic E-state index is 0.00181. The summed E-state index contributed by atoms with van der Waals surface area (Å²) in [7, 11) is 1.96. The van der Waals surface area contributed by atoms with Crippen LogP contribution in [0.3, 0.4) is 0 Å². The van der Waals surface area contributed by atoms with Gasteiger partial charge in [0, 0.05) is 59.3 Å². The van der Waals surface area contributed by atoms with Crippen molar-refractivity contribution in [2.24, 2.45) is 7.05 Å². The predicted molar refractivity (Wildman–Crippen MR) is 104 cm³/mol. The number of nitrogens with one attached hydrogen (secondary N) is 2. The van der Waals surface area contributed by atoms with Crippen molar-refractivity contribution in [1.29, 1.82) is 0 Å². The van der Waals surface area contributed by atoms with Crippen molar-refractivity contribution in [3.63, 3.8) is 0 Å². The van der Waals surface area contributed by atoms with Crippen molar-refractivity contribution < 1.29 is 4.79 Å². The van der Waals surface area contributed by atoms with Gasteiger partial charge in [-0.05, 0) is 43.2 Å². The first kappa shape index (κ1) is 15.8. The molecule has 0 unspecified atom stereocenters. The Morgan fingerprint density at radius 1 is 1.11 bits per heavy atom. The number of pyridine rings is 1. The third kappa shape index (κ3) is 2.30. The van der Waals surface area contributed by atoms with E-state index >= 15 is 0 Å². The summed E-state index contributed by atoms with van der Waals surface area (Å²) >= 11 is 0. The van der Waals surface area contributed by atoms with Gasteiger partial charge >= 0.3 is 0 Å². The van der Waals surface area contributed by atoms with Crippen molar-refractivity contribution >= 4 is 16.9 Å². The first-order chi connectivity index (χ1) is 13.0. The standard InChI is InChI=1S/C21H19N5O/c1-11-19(12(2)26(3)25-11)15-7-17-18(10-23-20(17)22-9-15)13-4-5-16-14(6-13)8-24-21(16)27/h4-7,9-10H,8H2,1-3H3,(H,22,23)(H,24,27). The molecule has 6 nitrogen and oxygen atoms in total. The highest BCUT2D eigenvalue weighted by Gasteiger charge is 2.20. The smallest absolute Gasteiger partial charge is 0.251 e. The van der Waals surface area contributed by atoms with E-state index in [1.165, 1.54) is 0 Å². The highest BCUT2D eigenvalue weighted by Crippen LogP contribution is 2.34. The molecule has 0 saturated heterocycles. The third-order valence-corrected chi connectivity index (χ3v) is 5.43. The molecule has 134 valence electrons. The molecule has 0 radical (unpaired) electrons. The molecule has 2 N–H and O–H groups in total. The average Bonchev–Trinajstić information content (AvgIpc) is 3.31. The van der Waals surface area contributed by atoms with Crippen LogP contribution in [0.4, 0.5) is 0 Å². The van der Waals surface area contributed by atoms with E-state index in [4.69, 9.17) is 0 Å². The topological polar surface area (TPSA) is 75.6 Å². The van der Waals surface area contributed by atoms with Crippen LogP contribution >= 0.6 is 0 Å². The number of carbonyl (C=O) groups is 1. The highest BCUT2D eigenvalue weighted by molar-refractivity contribution is 6.00. The van der Waals surface area contributed by atoms with Gasteiger partial charge < -0.3 is 10.3 Å². The molecule has 0 atom stereocenters. The molecule has 5 rings (SSSR count). The van der Waals surface area contributed by atoms with Crippen LogP contribution in [0.5, 0.6) is 0 Å². The van der Waals surface area contributed by atoms with Crippen LogP contribution in [0.25, 0.3) is 33.3 Å². The number of carbonyl (C=O) groups excluding carboxylic acids is 1. The van der Waals surface area contributed by atoms with Crippen LogP contribution in [0.2, 0.25) is 0 Å². The average molecular weight is 357 g/mol. The Hall–Kier alpha value is -3.41. The lowest BCUT2D eigenvalue weighted by Crippen LogP contribution is -2.12. The maximum atomic E-state index is 11.8. The van der Waals surface area contributed by atoms with Gasteiger partial charge in [-0.1, -0.05) is 6.07 Å². The van der Waals surface area contributed by atoms with Gasteiger partial charge in [-0.3, -0.25) is 9.48 Å². The summed E-state index contributed by atoms with van der Waals surface area (Å²) in [6.07, 6.45) is 3.88. The maximum Gasteiger partial charge on any atom is 0.251 e. The first-order valence-electron chi connectivity index (χ1n) is 8.92. The Balaban J connectivity index is 1.68. The Labute approximate surface area is 156 Å². The molecule has 6 heteroatoms. The fourth-order valence-corrected chi connectivity index (χ4v) is 3.97. The number of hydrogen-bond acceptors (Lipinski definition) is 3. The van der Waals surface area contributed by atoms with Crippen molar-refractivity contribution in [2.45, 2.75) is 20.4 Å². The van der Waals surface area contributed by atoms with Crippen LogP contribution in [-0.2, 0) is 13.6 Å². The van der Waals surface area contributed by atoms with E-state index in [1.54, 1.807) is 0 Å². The summed E-state index contributed by atoms with van der Waals surface area (Å²) in [6.45, 7) is 4.68. The van der Waals surface area contributed by atoms with Crippen molar-refractivity contribution in [1.82, 2.24) is 25.1 Å². The van der Waals surface area contributed by atoms with Gasteiger partial charge in [-0.15, -0.1) is 0 Å². The number of aromatic amines is 1. The Morgan fingerprint density at radius 2 is 1.96 bits per heavy atom. The van der Waals surface area contributed by atoms with Gasteiger partial charge in [-0.2, -0.15) is 5.10 Å². The molecule has 1 aliphatic rings. The largest absolute Gasteiger partial charge is 0.348 e. The van der Waals surface area contributed by atoms with Crippen LogP contribution in [0, 0.1) is 13.8 Å². The summed E-state index contributed by atoms with van der Waals surface area (Å²) in [5.74, 6) is 0.00181. The molecular weight excluding hydrogens is 338 g/mol. The number of hydrogen-bond donors (Lipinski definition) is 2. The summed E-state index contributed by atoms with van der Waals surface area (Å²) in [5, 5.41) is 8.46. The molecule has 0 fully saturated rings. The molecule has 1 aliphatic heterocycles. The van der Waals surface area contributed by atoms with Crippen LogP contribution in [-0.4, -0.2) is 25.7 Å². The van der Waals surface area contributed by atoms with Crippen LogP contribution in [0.15, 0.2) is 36.7 Å². The monoisotopic (exact) mass is 357 g/mol. The Morgan fingerprint density at radius 3 is 2.74 bits per heavy atom. The van der Waals surface area contributed by atoms with Gasteiger partial charge in [0.05, 0.1) is 5.69 Å². The number of amides is 1. The lowest BCUT2D eigenvalue weighted by molar-refractivity contribution is 0.0966. The van der Waals surface area contributed by atoms with Gasteiger partial charge in [0.1, 0.15) is 5.65 Å². The summed E-state index contributed by atoms with van der Waals surface area (Å²) < 4.78 is 1.90. The number of nitrogens with zero attached hydrogens (tertiary/aromatic N) is 3. The minimum absolute atomic E-state index is 0.00181. The number of fused-ring (bicyclic) bond motifs is 2. The second-order valence-electron chi connectivity index (χ2n) is 7.05. The fraction of sp³-hybridized carbons (Fsp3) is 0.190. The Bertz CT molecular complexity index is 1230. The molecule has 0 saturated carbocycles. The van der Waals surface area contributed by atoms with E-state index in [0.29, 0.717) is 6.54 Å². The minimum Gasteiger partial charge on any atom is -0.348 e. The van der Waals surface area contributed by atoms with E-state index in [9.17, 15) is 4.79 Å². The zero-order chi connectivity index (χ0) is 18.7. The molecule has 3 aromatic heterocycles. The van der Waals surface area contributed by atoms with Gasteiger partial charge in [0.15, 0.2) is 0 Å². The predicted octanol–water partition coefficient (Wildman–Crippen LogP) is 3.49. The maximum absolute atomic E-state index is 11.8. The van der Waals surface area contributed by atoms with Crippen molar-refractivity contribution in [2.75, 3.05) is 0 Å². The van der Waals surface area contributed by atoms with Gasteiger partial charge in [-0.25, -0.2) is 4.98 Å². The normalized spacial score (nSPS) is 13.2. The van der Waals surface area contributed by atoms with Gasteiger partial charge in [0.25, 0.3) is 5.91 Å². The first-order valence-corrected chi connectivity index (χ1v) is 8.92. The quantitative estimate of drug-likeness (QED) is 0.577. The number of aryl methyl sites for hydroxylation is 2. The summed E-state index contributed by atoms with van der Waals surface area (Å²) in [4.78, 5) is 19.7. The van der Waals surface area contributed by atoms with Crippen molar-refractivity contribution in [3.8, 4) is 22.3 Å². The lowest BCUT2D eigenvalue weighted by atomic mass is 9.98. The highest BCUT2D eigenvalue weighted by atomic mass is 16.1. The Kier molecular flexibility index (Phi) is 3.25. The zero-order valence-electron chi connectivity index (χ0n) is 15.4. The summed E-state index contributed by atoms with van der Waals surface area (Å²) in [5.41, 5.74) is 9.11. The molecule has 0 bridgehead atoms. The third-order valence-electron chi connectivity index (χ3n) is 5.43. The second-order valence-corrected chi connectivity index (χ2v) is 7.05. The summed E-state index contributed by atoms with van der Waals surface area (Å²) in [6, 6.07) is 8.16. The second kappa shape index (κ2) is 5.54. The lowest BCUT2D eigenvalue weighted by Gasteiger charge is -2.05. The number of rotatable bonds is 2. The molecular formula is C21H19N5O. The van der Waals surface area contributed by atoms with E-state index in [2.05, 4.69) is 39.4 Å². The van der Waals surface area contributed by atoms with E-state index in [0.717, 1.165) is 55.8 Å². The molecule has 1 aromatic carbocycles.